The van der Waals surface area contributed by atoms with E-state index in [1.165, 1.54) is 12.1 Å². The first-order valence-electron chi connectivity index (χ1n) is 9.41. The van der Waals surface area contributed by atoms with E-state index in [0.29, 0.717) is 16.8 Å². The summed E-state index contributed by atoms with van der Waals surface area (Å²) in [5, 5.41) is 13.8. The SMILES string of the molecule is CC1=C(C(=O)OC2CCCCCC2)C(c2cccc([N+](=O)[O-])c2)CC(=O)N1. The summed E-state index contributed by atoms with van der Waals surface area (Å²) < 4.78 is 5.76. The molecule has 0 aromatic heterocycles. The smallest absolute Gasteiger partial charge is 0.336 e. The van der Waals surface area contributed by atoms with Crippen LogP contribution in [0.4, 0.5) is 5.69 Å². The Balaban J connectivity index is 1.88. The van der Waals surface area contributed by atoms with E-state index in [1.807, 2.05) is 0 Å². The molecular weight excluding hydrogens is 348 g/mol. The number of nitro benzene ring substituents is 1. The molecule has 1 aliphatic carbocycles. The maximum Gasteiger partial charge on any atom is 0.336 e. The van der Waals surface area contributed by atoms with E-state index in [0.717, 1.165) is 38.5 Å². The van der Waals surface area contributed by atoms with Gasteiger partial charge in [-0.1, -0.05) is 25.0 Å². The molecule has 2 aliphatic rings. The summed E-state index contributed by atoms with van der Waals surface area (Å²) in [6.45, 7) is 1.67. The molecular formula is C20H24N2O5. The van der Waals surface area contributed by atoms with E-state index in [4.69, 9.17) is 4.74 Å². The normalized spacial score (nSPS) is 21.4. The molecule has 1 saturated carbocycles. The van der Waals surface area contributed by atoms with Gasteiger partial charge in [-0.2, -0.15) is 0 Å². The number of amides is 1. The van der Waals surface area contributed by atoms with Crippen LogP contribution in [0, 0.1) is 10.1 Å². The second-order valence-electron chi connectivity index (χ2n) is 7.21. The molecule has 1 unspecified atom stereocenters. The fourth-order valence-electron chi connectivity index (χ4n) is 3.89. The van der Waals surface area contributed by atoms with E-state index in [2.05, 4.69) is 5.32 Å². The molecule has 1 aromatic carbocycles. The molecule has 144 valence electrons. The Morgan fingerprint density at radius 2 is 1.93 bits per heavy atom. The van der Waals surface area contributed by atoms with Crippen LogP contribution < -0.4 is 5.32 Å². The van der Waals surface area contributed by atoms with Gasteiger partial charge in [-0.05, 0) is 38.2 Å². The second kappa shape index (κ2) is 8.33. The molecule has 1 aromatic rings. The molecule has 7 heteroatoms. The van der Waals surface area contributed by atoms with Crippen LogP contribution in [0.3, 0.4) is 0 Å². The van der Waals surface area contributed by atoms with Crippen molar-refractivity contribution < 1.29 is 19.2 Å². The molecule has 0 bridgehead atoms. The van der Waals surface area contributed by atoms with Crippen molar-refractivity contribution in [1.82, 2.24) is 5.32 Å². The van der Waals surface area contributed by atoms with Crippen LogP contribution in [-0.2, 0) is 14.3 Å². The average molecular weight is 372 g/mol. The maximum absolute atomic E-state index is 12.9. The van der Waals surface area contributed by atoms with Crippen molar-refractivity contribution in [2.75, 3.05) is 0 Å². The topological polar surface area (TPSA) is 98.5 Å². The monoisotopic (exact) mass is 372 g/mol. The van der Waals surface area contributed by atoms with Crippen LogP contribution in [0.1, 0.15) is 63.4 Å². The Morgan fingerprint density at radius 1 is 1.22 bits per heavy atom. The van der Waals surface area contributed by atoms with Crippen molar-refractivity contribution in [3.8, 4) is 0 Å². The summed E-state index contributed by atoms with van der Waals surface area (Å²) >= 11 is 0. The molecule has 1 heterocycles. The summed E-state index contributed by atoms with van der Waals surface area (Å²) in [4.78, 5) is 35.6. The Hall–Kier alpha value is -2.70. The number of ether oxygens (including phenoxy) is 1. The highest BCUT2D eigenvalue weighted by atomic mass is 16.6. The molecule has 0 radical (unpaired) electrons. The van der Waals surface area contributed by atoms with E-state index >= 15 is 0 Å². The number of nitrogens with zero attached hydrogens (tertiary/aromatic N) is 1. The first-order valence-corrected chi connectivity index (χ1v) is 9.41. The lowest BCUT2D eigenvalue weighted by molar-refractivity contribution is -0.384. The largest absolute Gasteiger partial charge is 0.459 e. The average Bonchev–Trinajstić information content (AvgIpc) is 2.89. The number of nitrogens with one attached hydrogen (secondary N) is 1. The number of allylic oxidation sites excluding steroid dienone is 1. The van der Waals surface area contributed by atoms with Gasteiger partial charge in [0.05, 0.1) is 10.5 Å². The van der Waals surface area contributed by atoms with Gasteiger partial charge in [-0.15, -0.1) is 0 Å². The highest BCUT2D eigenvalue weighted by molar-refractivity contribution is 5.96. The first-order chi connectivity index (χ1) is 13.0. The number of hydrogen-bond acceptors (Lipinski definition) is 5. The van der Waals surface area contributed by atoms with Crippen molar-refractivity contribution >= 4 is 17.6 Å². The summed E-state index contributed by atoms with van der Waals surface area (Å²) in [5.41, 5.74) is 1.36. The fraction of sp³-hybridized carbons (Fsp3) is 0.500. The molecule has 1 amide bonds. The molecule has 0 saturated heterocycles. The first kappa shape index (κ1) is 19.1. The van der Waals surface area contributed by atoms with Gasteiger partial charge in [0.1, 0.15) is 6.10 Å². The predicted molar refractivity (Wildman–Crippen MR) is 98.9 cm³/mol. The lowest BCUT2D eigenvalue weighted by atomic mass is 9.84. The molecule has 1 aliphatic heterocycles. The van der Waals surface area contributed by atoms with Crippen molar-refractivity contribution in [3.63, 3.8) is 0 Å². The number of carbonyl (C=O) groups is 2. The standard InChI is InChI=1S/C20H24N2O5/c1-13-19(20(24)27-16-9-4-2-3-5-10-16)17(12-18(23)21-13)14-7-6-8-15(11-14)22(25)26/h6-8,11,16-17H,2-5,9-10,12H2,1H3,(H,21,23). The minimum Gasteiger partial charge on any atom is -0.459 e. The molecule has 1 atom stereocenters. The van der Waals surface area contributed by atoms with Crippen molar-refractivity contribution in [3.05, 3.63) is 51.2 Å². The van der Waals surface area contributed by atoms with E-state index in [9.17, 15) is 19.7 Å². The lowest BCUT2D eigenvalue weighted by Crippen LogP contribution is -2.35. The van der Waals surface area contributed by atoms with Gasteiger partial charge in [-0.3, -0.25) is 14.9 Å². The van der Waals surface area contributed by atoms with Gasteiger partial charge in [0.2, 0.25) is 5.91 Å². The molecule has 3 rings (SSSR count). The molecule has 0 spiro atoms. The number of esters is 1. The van der Waals surface area contributed by atoms with Gasteiger partial charge in [0.15, 0.2) is 0 Å². The summed E-state index contributed by atoms with van der Waals surface area (Å²) in [7, 11) is 0. The number of rotatable bonds is 4. The van der Waals surface area contributed by atoms with E-state index < -0.39 is 16.8 Å². The van der Waals surface area contributed by atoms with Crippen LogP contribution in [0.15, 0.2) is 35.5 Å². The Labute approximate surface area is 157 Å². The van der Waals surface area contributed by atoms with E-state index in [-0.39, 0.29) is 24.1 Å². The summed E-state index contributed by atoms with van der Waals surface area (Å²) in [5.74, 6) is -1.19. The van der Waals surface area contributed by atoms with E-state index in [1.54, 1.807) is 19.1 Å². The van der Waals surface area contributed by atoms with Gasteiger partial charge in [-0.25, -0.2) is 4.79 Å². The summed E-state index contributed by atoms with van der Waals surface area (Å²) in [6.07, 6.45) is 6.06. The Morgan fingerprint density at radius 3 is 2.59 bits per heavy atom. The lowest BCUT2D eigenvalue weighted by Gasteiger charge is -2.28. The zero-order valence-corrected chi connectivity index (χ0v) is 15.4. The van der Waals surface area contributed by atoms with Crippen LogP contribution in [-0.4, -0.2) is 22.9 Å². The third-order valence-corrected chi connectivity index (χ3v) is 5.25. The van der Waals surface area contributed by atoms with Crippen LogP contribution >= 0.6 is 0 Å². The van der Waals surface area contributed by atoms with Crippen molar-refractivity contribution in [2.45, 2.75) is 63.9 Å². The van der Waals surface area contributed by atoms with Crippen LogP contribution in [0.5, 0.6) is 0 Å². The fourth-order valence-corrected chi connectivity index (χ4v) is 3.89. The zero-order chi connectivity index (χ0) is 19.4. The van der Waals surface area contributed by atoms with Crippen molar-refractivity contribution in [1.29, 1.82) is 0 Å². The van der Waals surface area contributed by atoms with Crippen molar-refractivity contribution in [2.24, 2.45) is 0 Å². The van der Waals surface area contributed by atoms with Gasteiger partial charge in [0, 0.05) is 30.2 Å². The Bertz CT molecular complexity index is 778. The predicted octanol–water partition coefficient (Wildman–Crippen LogP) is 3.74. The zero-order valence-electron chi connectivity index (χ0n) is 15.4. The summed E-state index contributed by atoms with van der Waals surface area (Å²) in [6, 6.07) is 6.11. The molecule has 27 heavy (non-hydrogen) atoms. The van der Waals surface area contributed by atoms with Gasteiger partial charge in [0.25, 0.3) is 5.69 Å². The minimum absolute atomic E-state index is 0.0624. The third kappa shape index (κ3) is 4.53. The molecule has 1 fully saturated rings. The van der Waals surface area contributed by atoms with Crippen LogP contribution in [0.2, 0.25) is 0 Å². The quantitative estimate of drug-likeness (QED) is 0.376. The minimum atomic E-state index is -0.545. The third-order valence-electron chi connectivity index (χ3n) is 5.25. The van der Waals surface area contributed by atoms with Gasteiger partial charge >= 0.3 is 5.97 Å². The second-order valence-corrected chi connectivity index (χ2v) is 7.21. The number of non-ortho nitro benzene ring substituents is 1. The molecule has 1 N–H and O–H groups in total. The molecule has 7 nitrogen and oxygen atoms in total. The maximum atomic E-state index is 12.9. The number of benzene rings is 1. The highest BCUT2D eigenvalue weighted by Crippen LogP contribution is 2.35. The number of hydrogen-bond donors (Lipinski definition) is 1. The highest BCUT2D eigenvalue weighted by Gasteiger charge is 2.34. The number of carbonyl (C=O) groups excluding carboxylic acids is 2. The number of nitro groups is 1. The Kier molecular flexibility index (Phi) is 5.88. The van der Waals surface area contributed by atoms with Gasteiger partial charge < -0.3 is 10.1 Å². The van der Waals surface area contributed by atoms with Crippen LogP contribution in [0.25, 0.3) is 0 Å².